The molecule has 0 aliphatic carbocycles. The zero-order valence-corrected chi connectivity index (χ0v) is 35.8. The molecule has 2 fully saturated rings. The molecule has 2 aliphatic rings. The van der Waals surface area contributed by atoms with Crippen LogP contribution in [0.15, 0.2) is 140 Å². The number of rotatable bonds is 11. The minimum absolute atomic E-state index is 0.265. The predicted molar refractivity (Wildman–Crippen MR) is 238 cm³/mol. The van der Waals surface area contributed by atoms with Gasteiger partial charge in [0, 0.05) is 27.4 Å². The quantitative estimate of drug-likeness (QED) is 0.128. The molecule has 0 unspecified atom stereocenters. The van der Waals surface area contributed by atoms with Crippen molar-refractivity contribution in [3.05, 3.63) is 172 Å². The molecule has 0 saturated carbocycles. The van der Waals surface area contributed by atoms with Crippen molar-refractivity contribution in [1.29, 1.82) is 0 Å². The fourth-order valence-electron chi connectivity index (χ4n) is 8.10. The van der Waals surface area contributed by atoms with E-state index < -0.39 is 42.0 Å². The Labute approximate surface area is 374 Å². The van der Waals surface area contributed by atoms with Crippen LogP contribution in [0.25, 0.3) is 11.3 Å². The molecule has 63 heavy (non-hydrogen) atoms. The number of nitrogens with zero attached hydrogens (tertiary/aromatic N) is 3. The van der Waals surface area contributed by atoms with E-state index in [1.807, 2.05) is 72.8 Å². The summed E-state index contributed by atoms with van der Waals surface area (Å²) < 4.78 is 16.6. The number of likely N-dealkylation sites (tertiary alicyclic amines) is 2. The average Bonchev–Trinajstić information content (AvgIpc) is 3.96. The Kier molecular flexibility index (Phi) is 13.9. The number of hydrogen-bond donors (Lipinski definition) is 2. The van der Waals surface area contributed by atoms with E-state index in [-0.39, 0.29) is 11.5 Å². The molecule has 2 N–H and O–H groups in total. The number of aromatic nitrogens is 1. The topological polar surface area (TPSA) is 156 Å². The van der Waals surface area contributed by atoms with Crippen molar-refractivity contribution >= 4 is 47.0 Å². The van der Waals surface area contributed by atoms with Crippen molar-refractivity contribution in [2.24, 2.45) is 0 Å². The summed E-state index contributed by atoms with van der Waals surface area (Å²) in [4.78, 5) is 57.9. The van der Waals surface area contributed by atoms with Gasteiger partial charge in [-0.25, -0.2) is 9.59 Å². The molecule has 0 radical (unpaired) electrons. The molecule has 6 aromatic rings. The average molecular weight is 889 g/mol. The maximum absolute atomic E-state index is 13.5. The van der Waals surface area contributed by atoms with Gasteiger partial charge < -0.3 is 34.2 Å². The Morgan fingerprint density at radius 3 is 1.56 bits per heavy atom. The zero-order chi connectivity index (χ0) is 44.6. The van der Waals surface area contributed by atoms with E-state index in [9.17, 15) is 29.4 Å². The number of carboxylic acids is 2. The van der Waals surface area contributed by atoms with Crippen LogP contribution in [-0.4, -0.2) is 75.1 Å². The number of ether oxygens (including phenoxy) is 3. The Balaban J connectivity index is 0.000000189. The molecule has 12 nitrogen and oxygen atoms in total. The van der Waals surface area contributed by atoms with Crippen molar-refractivity contribution in [1.82, 2.24) is 14.8 Å². The van der Waals surface area contributed by atoms with Crippen LogP contribution in [0.2, 0.25) is 10.0 Å². The van der Waals surface area contributed by atoms with Crippen LogP contribution in [-0.2, 0) is 9.59 Å². The molecule has 4 atom stereocenters. The van der Waals surface area contributed by atoms with Crippen molar-refractivity contribution < 1.29 is 43.6 Å². The van der Waals surface area contributed by atoms with Gasteiger partial charge >= 0.3 is 11.9 Å². The Bertz CT molecular complexity index is 2610. The smallest absolute Gasteiger partial charge is 0.326 e. The lowest BCUT2D eigenvalue weighted by molar-refractivity contribution is -0.142. The normalized spacial score (nSPS) is 17.9. The van der Waals surface area contributed by atoms with Crippen LogP contribution >= 0.6 is 23.2 Å². The van der Waals surface area contributed by atoms with Gasteiger partial charge in [-0.1, -0.05) is 102 Å². The van der Waals surface area contributed by atoms with Gasteiger partial charge in [0.15, 0.2) is 11.5 Å². The first-order valence-corrected chi connectivity index (χ1v) is 20.9. The number of amides is 2. The number of carbonyl (C=O) groups is 4. The maximum Gasteiger partial charge on any atom is 0.326 e. The van der Waals surface area contributed by atoms with Gasteiger partial charge in [0.25, 0.3) is 11.8 Å². The fraction of sp³-hybridized carbons (Fsp3) is 0.204. The van der Waals surface area contributed by atoms with Gasteiger partial charge in [-0.2, -0.15) is 0 Å². The Morgan fingerprint density at radius 2 is 1.05 bits per heavy atom. The molecule has 2 amide bonds. The minimum atomic E-state index is -1.04. The van der Waals surface area contributed by atoms with Gasteiger partial charge in [-0.3, -0.25) is 14.6 Å². The molecular weight excluding hydrogens is 845 g/mol. The van der Waals surface area contributed by atoms with Crippen molar-refractivity contribution in [2.75, 3.05) is 14.2 Å². The molecule has 2 aliphatic heterocycles. The lowest BCUT2D eigenvalue weighted by atomic mass is 10.0. The minimum Gasteiger partial charge on any atom is -0.494 e. The molecule has 1 aromatic heterocycles. The third-order valence-corrected chi connectivity index (χ3v) is 11.8. The van der Waals surface area contributed by atoms with Crippen LogP contribution in [0, 0.1) is 0 Å². The number of pyridine rings is 1. The summed E-state index contributed by atoms with van der Waals surface area (Å²) in [6, 6.07) is 36.7. The van der Waals surface area contributed by atoms with Gasteiger partial charge in [-0.15, -0.1) is 0 Å². The standard InChI is InChI=1S/C25H22ClNO5.C24H21ClN2O4/c1-31-22-8-4-5-9-23(22)32-17-12-10-16(11-13-17)24(28)27-20(14-15-21(27)25(29)30)18-6-2-3-7-19(18)26;1-31-21-13-16(14-26-22(21)15-7-3-2-4-8-15)23(28)27-19(11-12-20(27)24(29)30)17-9-5-6-10-18(17)25/h2-13,20-21H,14-15H2,1H3,(H,29,30);2-10,13-14,19-20H,11-12H2,1H3,(H,29,30)/t20-,21+;19-,20+/m11/s1. The molecule has 0 bridgehead atoms. The van der Waals surface area contributed by atoms with Gasteiger partial charge in [0.1, 0.15) is 29.3 Å². The lowest BCUT2D eigenvalue weighted by Crippen LogP contribution is -2.42. The van der Waals surface area contributed by atoms with E-state index in [0.29, 0.717) is 70.0 Å². The second-order valence-electron chi connectivity index (χ2n) is 14.8. The van der Waals surface area contributed by atoms with E-state index in [0.717, 1.165) is 16.7 Å². The lowest BCUT2D eigenvalue weighted by Gasteiger charge is -2.29. The van der Waals surface area contributed by atoms with Crippen LogP contribution in [0.4, 0.5) is 0 Å². The first kappa shape index (κ1) is 44.2. The second-order valence-corrected chi connectivity index (χ2v) is 15.6. The molecule has 0 spiro atoms. The van der Waals surface area contributed by atoms with E-state index in [1.54, 1.807) is 67.8 Å². The highest BCUT2D eigenvalue weighted by Crippen LogP contribution is 2.42. The number of benzene rings is 5. The maximum atomic E-state index is 13.5. The molecular formula is C49H43Cl2N3O9. The number of hydrogen-bond acceptors (Lipinski definition) is 8. The summed E-state index contributed by atoms with van der Waals surface area (Å²) in [7, 11) is 3.08. The van der Waals surface area contributed by atoms with Gasteiger partial charge in [0.05, 0.1) is 31.9 Å². The number of para-hydroxylation sites is 2. The highest BCUT2D eigenvalue weighted by Gasteiger charge is 2.44. The number of methoxy groups -OCH3 is 2. The summed E-state index contributed by atoms with van der Waals surface area (Å²) in [6.45, 7) is 0. The Morgan fingerprint density at radius 1 is 0.571 bits per heavy atom. The van der Waals surface area contributed by atoms with Crippen molar-refractivity contribution in [3.63, 3.8) is 0 Å². The molecule has 5 aromatic carbocycles. The van der Waals surface area contributed by atoms with Gasteiger partial charge in [-0.05, 0) is 91.4 Å². The third kappa shape index (κ3) is 9.62. The predicted octanol–water partition coefficient (Wildman–Crippen LogP) is 10.4. The monoisotopic (exact) mass is 887 g/mol. The number of carbonyl (C=O) groups excluding carboxylic acids is 2. The molecule has 3 heterocycles. The summed E-state index contributed by atoms with van der Waals surface area (Å²) >= 11 is 12.7. The van der Waals surface area contributed by atoms with Gasteiger partial charge in [0.2, 0.25) is 0 Å². The van der Waals surface area contributed by atoms with Crippen LogP contribution < -0.4 is 14.2 Å². The number of halogens is 2. The van der Waals surface area contributed by atoms with E-state index in [2.05, 4.69) is 4.98 Å². The zero-order valence-electron chi connectivity index (χ0n) is 34.3. The molecule has 8 rings (SSSR count). The number of aliphatic carboxylic acids is 2. The van der Waals surface area contributed by atoms with E-state index in [1.165, 1.54) is 23.1 Å². The summed E-state index contributed by atoms with van der Waals surface area (Å²) in [5, 5.41) is 20.5. The molecule has 2 saturated heterocycles. The SMILES string of the molecule is COc1cc(C(=O)N2[C@@H](c3ccccc3Cl)CC[C@H]2C(=O)O)cnc1-c1ccccc1.COc1ccccc1Oc1ccc(C(=O)N2[C@@H](c3ccccc3Cl)CC[C@H]2C(=O)O)cc1. The third-order valence-electron chi connectivity index (χ3n) is 11.1. The Hall–Kier alpha value is -6.89. The first-order valence-electron chi connectivity index (χ1n) is 20.1. The molecule has 322 valence electrons. The summed E-state index contributed by atoms with van der Waals surface area (Å²) in [5.74, 6) is -0.714. The van der Waals surface area contributed by atoms with E-state index >= 15 is 0 Å². The summed E-state index contributed by atoms with van der Waals surface area (Å²) in [6.07, 6.45) is 3.23. The first-order chi connectivity index (χ1) is 30.5. The highest BCUT2D eigenvalue weighted by molar-refractivity contribution is 6.31. The van der Waals surface area contributed by atoms with Crippen LogP contribution in [0.1, 0.15) is 69.6 Å². The van der Waals surface area contributed by atoms with E-state index in [4.69, 9.17) is 37.4 Å². The van der Waals surface area contributed by atoms with Crippen molar-refractivity contribution in [3.8, 4) is 34.3 Å². The fourth-order valence-corrected chi connectivity index (χ4v) is 8.62. The van der Waals surface area contributed by atoms with Crippen molar-refractivity contribution in [2.45, 2.75) is 49.9 Å². The van der Waals surface area contributed by atoms with Crippen LogP contribution in [0.5, 0.6) is 23.0 Å². The molecule has 14 heteroatoms. The van der Waals surface area contributed by atoms with Crippen LogP contribution in [0.3, 0.4) is 0 Å². The second kappa shape index (κ2) is 19.9. The number of carboxylic acid groups (broad SMARTS) is 2. The highest BCUT2D eigenvalue weighted by atomic mass is 35.5. The summed E-state index contributed by atoms with van der Waals surface area (Å²) in [5.41, 5.74) is 3.60. The largest absolute Gasteiger partial charge is 0.494 e.